The molecule has 0 aliphatic carbocycles. The number of aliphatic hydroxyl groups is 1. The molecule has 1 aliphatic rings. The minimum Gasteiger partial charge on any atom is -0.497 e. The number of rotatable bonds is 5. The average Bonchev–Trinajstić information content (AvgIpc) is 2.99. The van der Waals surface area contributed by atoms with E-state index in [4.69, 9.17) is 4.74 Å². The fourth-order valence-corrected chi connectivity index (χ4v) is 4.34. The number of aromatic nitrogens is 1. The van der Waals surface area contributed by atoms with Crippen molar-refractivity contribution >= 4 is 16.6 Å². The molecule has 154 valence electrons. The molecule has 3 aromatic rings. The van der Waals surface area contributed by atoms with Crippen LogP contribution < -0.4 is 9.64 Å². The molecule has 0 bridgehead atoms. The topological polar surface area (TPSA) is 40.9 Å². The quantitative estimate of drug-likeness (QED) is 0.716. The Bertz CT molecular complexity index is 1010. The van der Waals surface area contributed by atoms with Crippen LogP contribution in [-0.4, -0.2) is 54.4 Å². The van der Waals surface area contributed by atoms with E-state index < -0.39 is 6.10 Å². The predicted octanol–water partition coefficient (Wildman–Crippen LogP) is 3.49. The summed E-state index contributed by atoms with van der Waals surface area (Å²) < 4.78 is 21.5. The molecule has 1 N–H and O–H groups in total. The minimum absolute atomic E-state index is 0.179. The summed E-state index contributed by atoms with van der Waals surface area (Å²) in [5.41, 5.74) is 3.76. The van der Waals surface area contributed by atoms with Crippen LogP contribution in [0.4, 0.5) is 10.1 Å². The van der Waals surface area contributed by atoms with Crippen molar-refractivity contribution in [1.29, 1.82) is 0 Å². The van der Waals surface area contributed by atoms with Crippen molar-refractivity contribution in [1.82, 2.24) is 9.47 Å². The van der Waals surface area contributed by atoms with Crippen LogP contribution in [0.5, 0.6) is 5.75 Å². The highest BCUT2D eigenvalue weighted by Crippen LogP contribution is 2.33. The third-order valence-corrected chi connectivity index (χ3v) is 6.08. The van der Waals surface area contributed by atoms with E-state index in [1.165, 1.54) is 6.07 Å². The zero-order chi connectivity index (χ0) is 20.5. The first-order valence-electron chi connectivity index (χ1n) is 10.0. The molecule has 29 heavy (non-hydrogen) atoms. The standard InChI is InChI=1S/C23H28FN3O2/c1-16-23(18-14-17(29-3)8-9-20(18)25(16)2)22(28)15-26-10-12-27(13-11-26)21-7-5-4-6-19(21)24/h4-9,14,22,28H,10-13,15H2,1-3H3. The molecule has 6 heteroatoms. The number of hydrogen-bond donors (Lipinski definition) is 1. The Hall–Kier alpha value is -2.57. The number of halogens is 1. The second-order valence-electron chi connectivity index (χ2n) is 7.70. The molecule has 1 atom stereocenters. The molecule has 1 fully saturated rings. The van der Waals surface area contributed by atoms with Crippen LogP contribution >= 0.6 is 0 Å². The zero-order valence-electron chi connectivity index (χ0n) is 17.2. The molecule has 4 rings (SSSR count). The lowest BCUT2D eigenvalue weighted by Gasteiger charge is -2.37. The van der Waals surface area contributed by atoms with E-state index in [1.807, 2.05) is 44.3 Å². The van der Waals surface area contributed by atoms with Gasteiger partial charge in [-0.25, -0.2) is 4.39 Å². The van der Waals surface area contributed by atoms with E-state index in [0.29, 0.717) is 12.2 Å². The number of hydrogen-bond acceptors (Lipinski definition) is 4. The number of para-hydroxylation sites is 1. The summed E-state index contributed by atoms with van der Waals surface area (Å²) in [5, 5.41) is 12.1. The predicted molar refractivity (Wildman–Crippen MR) is 114 cm³/mol. The second-order valence-corrected chi connectivity index (χ2v) is 7.70. The Kier molecular flexibility index (Phi) is 5.48. The highest BCUT2D eigenvalue weighted by molar-refractivity contribution is 5.87. The number of aryl methyl sites for hydroxylation is 1. The Balaban J connectivity index is 1.49. The van der Waals surface area contributed by atoms with Crippen molar-refractivity contribution < 1.29 is 14.2 Å². The van der Waals surface area contributed by atoms with Gasteiger partial charge in [-0.05, 0) is 37.3 Å². The van der Waals surface area contributed by atoms with Gasteiger partial charge in [0.1, 0.15) is 11.6 Å². The number of piperazine rings is 1. The summed E-state index contributed by atoms with van der Waals surface area (Å²) in [7, 11) is 3.68. The van der Waals surface area contributed by atoms with Crippen LogP contribution in [0, 0.1) is 12.7 Å². The van der Waals surface area contributed by atoms with Gasteiger partial charge in [0.2, 0.25) is 0 Å². The van der Waals surface area contributed by atoms with Gasteiger partial charge in [0.25, 0.3) is 0 Å². The Morgan fingerprint density at radius 3 is 2.52 bits per heavy atom. The molecule has 1 aliphatic heterocycles. The number of aliphatic hydroxyl groups excluding tert-OH is 1. The van der Waals surface area contributed by atoms with Gasteiger partial charge in [0.15, 0.2) is 0 Å². The third kappa shape index (κ3) is 3.70. The number of β-amino-alcohol motifs (C(OH)–C–C–N with tert-alkyl or cyclic N) is 1. The SMILES string of the molecule is COc1ccc2c(c1)c(C(O)CN1CCN(c3ccccc3F)CC1)c(C)n2C. The summed E-state index contributed by atoms with van der Waals surface area (Å²) in [5.74, 6) is 0.608. The number of fused-ring (bicyclic) bond motifs is 1. The van der Waals surface area contributed by atoms with Crippen molar-refractivity contribution in [2.45, 2.75) is 13.0 Å². The number of ether oxygens (including phenoxy) is 1. The molecule has 1 saturated heterocycles. The zero-order valence-corrected chi connectivity index (χ0v) is 17.2. The Morgan fingerprint density at radius 1 is 1.10 bits per heavy atom. The molecule has 5 nitrogen and oxygen atoms in total. The first-order valence-corrected chi connectivity index (χ1v) is 10.0. The van der Waals surface area contributed by atoms with E-state index in [2.05, 4.69) is 14.4 Å². The molecule has 0 amide bonds. The monoisotopic (exact) mass is 397 g/mol. The maximum atomic E-state index is 14.1. The van der Waals surface area contributed by atoms with E-state index in [0.717, 1.165) is 54.1 Å². The number of anilines is 1. The molecule has 0 spiro atoms. The molecule has 1 unspecified atom stereocenters. The summed E-state index contributed by atoms with van der Waals surface area (Å²) in [6, 6.07) is 12.9. The lowest BCUT2D eigenvalue weighted by molar-refractivity contribution is 0.110. The van der Waals surface area contributed by atoms with Crippen molar-refractivity contribution in [2.24, 2.45) is 7.05 Å². The summed E-state index contributed by atoms with van der Waals surface area (Å²) in [6.07, 6.45) is -0.592. The van der Waals surface area contributed by atoms with Gasteiger partial charge >= 0.3 is 0 Å². The van der Waals surface area contributed by atoms with Crippen LogP contribution in [0.25, 0.3) is 10.9 Å². The lowest BCUT2D eigenvalue weighted by atomic mass is 10.0. The molecule has 0 saturated carbocycles. The van der Waals surface area contributed by atoms with Gasteiger partial charge in [-0.2, -0.15) is 0 Å². The number of methoxy groups -OCH3 is 1. The fraction of sp³-hybridized carbons (Fsp3) is 0.391. The first kappa shape index (κ1) is 19.7. The second kappa shape index (κ2) is 8.05. The normalized spacial score (nSPS) is 16.4. The highest BCUT2D eigenvalue weighted by atomic mass is 19.1. The van der Waals surface area contributed by atoms with Gasteiger partial charge in [-0.3, -0.25) is 4.90 Å². The van der Waals surface area contributed by atoms with E-state index in [-0.39, 0.29) is 5.82 Å². The first-order chi connectivity index (χ1) is 14.0. The molecular weight excluding hydrogens is 369 g/mol. The van der Waals surface area contributed by atoms with Crippen LogP contribution in [0.15, 0.2) is 42.5 Å². The van der Waals surface area contributed by atoms with Crippen LogP contribution in [0.3, 0.4) is 0 Å². The van der Waals surface area contributed by atoms with Gasteiger partial charge in [0.05, 0.1) is 18.9 Å². The van der Waals surface area contributed by atoms with Crippen LogP contribution in [0.2, 0.25) is 0 Å². The molecular formula is C23H28FN3O2. The van der Waals surface area contributed by atoms with Crippen molar-refractivity contribution in [2.75, 3.05) is 44.7 Å². The van der Waals surface area contributed by atoms with Gasteiger partial charge in [-0.15, -0.1) is 0 Å². The molecule has 1 aromatic heterocycles. The largest absolute Gasteiger partial charge is 0.497 e. The lowest BCUT2D eigenvalue weighted by Crippen LogP contribution is -2.47. The van der Waals surface area contributed by atoms with Crippen molar-refractivity contribution in [3.63, 3.8) is 0 Å². The van der Waals surface area contributed by atoms with Crippen molar-refractivity contribution in [3.05, 3.63) is 59.5 Å². The van der Waals surface area contributed by atoms with Crippen LogP contribution in [0.1, 0.15) is 17.4 Å². The Labute approximate surface area is 170 Å². The average molecular weight is 397 g/mol. The number of benzene rings is 2. The molecule has 0 radical (unpaired) electrons. The summed E-state index contributed by atoms with van der Waals surface area (Å²) in [6.45, 7) is 5.67. The minimum atomic E-state index is -0.592. The highest BCUT2D eigenvalue weighted by Gasteiger charge is 2.25. The smallest absolute Gasteiger partial charge is 0.146 e. The van der Waals surface area contributed by atoms with Crippen LogP contribution in [-0.2, 0) is 7.05 Å². The Morgan fingerprint density at radius 2 is 1.83 bits per heavy atom. The molecule has 2 aromatic carbocycles. The van der Waals surface area contributed by atoms with Gasteiger partial charge in [0, 0.05) is 61.9 Å². The summed E-state index contributed by atoms with van der Waals surface area (Å²) in [4.78, 5) is 4.33. The molecule has 2 heterocycles. The number of nitrogens with zero attached hydrogens (tertiary/aromatic N) is 3. The van der Waals surface area contributed by atoms with Gasteiger partial charge in [-0.1, -0.05) is 12.1 Å². The maximum Gasteiger partial charge on any atom is 0.146 e. The van der Waals surface area contributed by atoms with Crippen molar-refractivity contribution in [3.8, 4) is 5.75 Å². The van der Waals surface area contributed by atoms with E-state index in [9.17, 15) is 9.50 Å². The third-order valence-electron chi connectivity index (χ3n) is 6.08. The van der Waals surface area contributed by atoms with E-state index >= 15 is 0 Å². The summed E-state index contributed by atoms with van der Waals surface area (Å²) >= 11 is 0. The maximum absolute atomic E-state index is 14.1. The van der Waals surface area contributed by atoms with E-state index in [1.54, 1.807) is 13.2 Å². The fourth-order valence-electron chi connectivity index (χ4n) is 4.34. The van der Waals surface area contributed by atoms with Gasteiger partial charge < -0.3 is 19.3 Å².